The van der Waals surface area contributed by atoms with Crippen LogP contribution in [0.1, 0.15) is 30.7 Å². The maximum atomic E-state index is 10.3. The summed E-state index contributed by atoms with van der Waals surface area (Å²) in [6, 6.07) is 13.7. The number of aliphatic hydroxyl groups is 1. The average Bonchev–Trinajstić information content (AvgIpc) is 3.41. The van der Waals surface area contributed by atoms with Crippen LogP contribution >= 0.6 is 0 Å². The van der Waals surface area contributed by atoms with Crippen LogP contribution in [0.5, 0.6) is 0 Å². The zero-order valence-corrected chi connectivity index (χ0v) is 18.1. The quantitative estimate of drug-likeness (QED) is 0.442. The van der Waals surface area contributed by atoms with Gasteiger partial charge in [0.15, 0.2) is 5.82 Å². The van der Waals surface area contributed by atoms with Crippen LogP contribution in [0.4, 0.5) is 17.3 Å². The molecule has 1 aliphatic rings. The summed E-state index contributed by atoms with van der Waals surface area (Å²) in [5.41, 5.74) is 10.4. The molecule has 0 amide bonds. The summed E-state index contributed by atoms with van der Waals surface area (Å²) in [5.74, 6) is 2.21. The van der Waals surface area contributed by atoms with Gasteiger partial charge in [-0.2, -0.15) is 5.10 Å². The zero-order chi connectivity index (χ0) is 22.2. The van der Waals surface area contributed by atoms with Gasteiger partial charge in [-0.15, -0.1) is 5.10 Å². The second kappa shape index (κ2) is 8.18. The summed E-state index contributed by atoms with van der Waals surface area (Å²) in [4.78, 5) is 11.6. The van der Waals surface area contributed by atoms with Gasteiger partial charge in [0.25, 0.3) is 0 Å². The second-order valence-electron chi connectivity index (χ2n) is 8.26. The van der Waals surface area contributed by atoms with Crippen LogP contribution in [0.25, 0.3) is 16.9 Å². The molecule has 164 valence electrons. The minimum atomic E-state index is -0.610. The highest BCUT2D eigenvalue weighted by atomic mass is 16.3. The normalized spacial score (nSPS) is 17.1. The zero-order valence-electron chi connectivity index (χ0n) is 18.1. The van der Waals surface area contributed by atoms with E-state index in [1.165, 1.54) is 0 Å². The van der Waals surface area contributed by atoms with Crippen molar-refractivity contribution in [3.8, 4) is 5.82 Å². The van der Waals surface area contributed by atoms with Crippen molar-refractivity contribution in [3.05, 3.63) is 60.0 Å². The molecule has 1 saturated heterocycles. The monoisotopic (exact) mass is 430 g/mol. The molecule has 4 heterocycles. The first-order valence-corrected chi connectivity index (χ1v) is 10.7. The number of aliphatic hydroxyl groups excluding tert-OH is 1. The molecule has 1 aliphatic heterocycles. The minimum absolute atomic E-state index is 0.125. The van der Waals surface area contributed by atoms with Crippen LogP contribution < -0.4 is 16.0 Å². The van der Waals surface area contributed by atoms with Crippen molar-refractivity contribution in [1.82, 2.24) is 24.7 Å². The van der Waals surface area contributed by atoms with E-state index in [0.29, 0.717) is 5.82 Å². The van der Waals surface area contributed by atoms with Crippen molar-refractivity contribution in [2.75, 3.05) is 23.3 Å². The van der Waals surface area contributed by atoms with Gasteiger partial charge in [-0.05, 0) is 62.7 Å². The molecule has 2 atom stereocenters. The van der Waals surface area contributed by atoms with Gasteiger partial charge in [-0.1, -0.05) is 0 Å². The van der Waals surface area contributed by atoms with Gasteiger partial charge < -0.3 is 21.1 Å². The summed E-state index contributed by atoms with van der Waals surface area (Å²) in [6.45, 7) is 5.23. The van der Waals surface area contributed by atoms with E-state index in [9.17, 15) is 5.11 Å². The van der Waals surface area contributed by atoms with Crippen LogP contribution in [0.15, 0.2) is 48.8 Å². The Morgan fingerprint density at radius 2 is 2.03 bits per heavy atom. The molecule has 0 radical (unpaired) electrons. The van der Waals surface area contributed by atoms with E-state index in [-0.39, 0.29) is 6.04 Å². The fourth-order valence-corrected chi connectivity index (χ4v) is 4.03. The second-order valence-corrected chi connectivity index (χ2v) is 8.26. The van der Waals surface area contributed by atoms with Crippen LogP contribution in [0.3, 0.4) is 0 Å². The number of hydrogen-bond acceptors (Lipinski definition) is 8. The number of benzene rings is 1. The van der Waals surface area contributed by atoms with Gasteiger partial charge in [0.2, 0.25) is 0 Å². The molecule has 0 aliphatic carbocycles. The molecule has 4 N–H and O–H groups in total. The van der Waals surface area contributed by atoms with Crippen LogP contribution in [0, 0.1) is 6.92 Å². The van der Waals surface area contributed by atoms with Crippen molar-refractivity contribution in [1.29, 1.82) is 0 Å². The number of aryl methyl sites for hydroxylation is 1. The van der Waals surface area contributed by atoms with E-state index in [0.717, 1.165) is 59.1 Å². The highest BCUT2D eigenvalue weighted by molar-refractivity contribution is 5.82. The third-order valence-electron chi connectivity index (χ3n) is 5.73. The third-order valence-corrected chi connectivity index (χ3v) is 5.73. The number of imidazole rings is 1. The first-order chi connectivity index (χ1) is 15.5. The van der Waals surface area contributed by atoms with Crippen molar-refractivity contribution in [3.63, 3.8) is 0 Å². The molecular formula is C23H26N8O. The molecule has 1 unspecified atom stereocenters. The Morgan fingerprint density at radius 3 is 2.75 bits per heavy atom. The summed E-state index contributed by atoms with van der Waals surface area (Å²) >= 11 is 0. The molecule has 4 aromatic rings. The topological polar surface area (TPSA) is 118 Å². The fraction of sp³-hybridized carbons (Fsp3) is 0.304. The van der Waals surface area contributed by atoms with Gasteiger partial charge in [-0.3, -0.25) is 4.57 Å². The van der Waals surface area contributed by atoms with E-state index in [1.807, 2.05) is 54.0 Å². The Labute approximate surface area is 185 Å². The Kier molecular flexibility index (Phi) is 5.20. The Morgan fingerprint density at radius 1 is 1.16 bits per heavy atom. The molecule has 9 nitrogen and oxygen atoms in total. The first kappa shape index (κ1) is 20.3. The molecule has 1 aromatic carbocycles. The number of pyridine rings is 1. The predicted molar refractivity (Wildman–Crippen MR) is 124 cm³/mol. The predicted octanol–water partition coefficient (Wildman–Crippen LogP) is 2.85. The molecule has 0 bridgehead atoms. The molecule has 1 fully saturated rings. The highest BCUT2D eigenvalue weighted by Gasteiger charge is 2.24. The lowest BCUT2D eigenvalue weighted by Crippen LogP contribution is -2.28. The van der Waals surface area contributed by atoms with Gasteiger partial charge >= 0.3 is 0 Å². The molecule has 9 heteroatoms. The maximum Gasteiger partial charge on any atom is 0.153 e. The number of nitrogens with one attached hydrogen (secondary N) is 1. The number of rotatable bonds is 5. The van der Waals surface area contributed by atoms with Crippen molar-refractivity contribution in [2.24, 2.45) is 5.73 Å². The third kappa shape index (κ3) is 3.88. The molecule has 5 rings (SSSR count). The fourth-order valence-electron chi connectivity index (χ4n) is 4.03. The summed E-state index contributed by atoms with van der Waals surface area (Å²) in [5, 5.41) is 21.7. The smallest absolute Gasteiger partial charge is 0.153 e. The largest absolute Gasteiger partial charge is 0.389 e. The highest BCUT2D eigenvalue weighted by Crippen LogP contribution is 2.30. The Bertz CT molecular complexity index is 1250. The summed E-state index contributed by atoms with van der Waals surface area (Å²) in [7, 11) is 0. The van der Waals surface area contributed by atoms with Crippen LogP contribution in [-0.2, 0) is 0 Å². The van der Waals surface area contributed by atoms with Gasteiger partial charge in [-0.25, -0.2) is 9.97 Å². The Balaban J connectivity index is 1.48. The first-order valence-electron chi connectivity index (χ1n) is 10.7. The lowest BCUT2D eigenvalue weighted by Gasteiger charge is -2.22. The van der Waals surface area contributed by atoms with E-state index >= 15 is 0 Å². The van der Waals surface area contributed by atoms with Crippen LogP contribution in [0.2, 0.25) is 0 Å². The molecule has 0 spiro atoms. The number of nitrogens with zero attached hydrogens (tertiary/aromatic N) is 6. The lowest BCUT2D eigenvalue weighted by molar-refractivity contribution is 0.199. The minimum Gasteiger partial charge on any atom is -0.389 e. The maximum absolute atomic E-state index is 10.3. The van der Waals surface area contributed by atoms with E-state index in [2.05, 4.69) is 25.4 Å². The summed E-state index contributed by atoms with van der Waals surface area (Å²) < 4.78 is 1.95. The van der Waals surface area contributed by atoms with Crippen molar-refractivity contribution in [2.45, 2.75) is 32.4 Å². The van der Waals surface area contributed by atoms with Crippen molar-refractivity contribution < 1.29 is 5.11 Å². The number of fused-ring (bicyclic) bond motifs is 1. The van der Waals surface area contributed by atoms with Gasteiger partial charge in [0.1, 0.15) is 18.0 Å². The van der Waals surface area contributed by atoms with E-state index in [4.69, 9.17) is 10.7 Å². The molecule has 3 aromatic heterocycles. The SMILES string of the molecule is Cc1ccc(Nc2ccc3c(c2)ncn3-c2ccc(C(C)O)c(N3CC[C@@H](N)C3)n2)nn1. The Hall–Kier alpha value is -3.56. The molecule has 0 saturated carbocycles. The number of hydrogen-bond donors (Lipinski definition) is 3. The molecular weight excluding hydrogens is 404 g/mol. The summed E-state index contributed by atoms with van der Waals surface area (Å²) in [6.07, 6.45) is 2.08. The van der Waals surface area contributed by atoms with Gasteiger partial charge in [0, 0.05) is 30.4 Å². The van der Waals surface area contributed by atoms with E-state index < -0.39 is 6.10 Å². The van der Waals surface area contributed by atoms with E-state index in [1.54, 1.807) is 13.3 Å². The molecule has 32 heavy (non-hydrogen) atoms. The number of aromatic nitrogens is 5. The average molecular weight is 431 g/mol. The lowest BCUT2D eigenvalue weighted by atomic mass is 10.1. The van der Waals surface area contributed by atoms with Crippen LogP contribution in [-0.4, -0.2) is 49.0 Å². The number of nitrogens with two attached hydrogens (primary N) is 1. The van der Waals surface area contributed by atoms with Gasteiger partial charge in [0.05, 0.1) is 22.8 Å². The number of anilines is 3. The standard InChI is InChI=1S/C23H26N8O/c1-14-3-7-21(29-28-14)26-17-4-6-20-19(11-17)25-13-31(20)22-8-5-18(15(2)32)23(27-22)30-10-9-16(24)12-30/h3-8,11,13,15-16,32H,9-10,12,24H2,1-2H3,(H,26,29)/t15?,16-/m1/s1. The van der Waals surface area contributed by atoms with Crippen molar-refractivity contribution >= 4 is 28.4 Å².